The van der Waals surface area contributed by atoms with E-state index < -0.39 is 12.1 Å². The topological polar surface area (TPSA) is 78.8 Å². The Balaban J connectivity index is 3.97. The van der Waals surface area contributed by atoms with Crippen molar-refractivity contribution < 1.29 is 19.7 Å². The fraction of sp³-hybridized carbons (Fsp3) is 0.900. The highest BCUT2D eigenvalue weighted by Crippen LogP contribution is 1.99. The molecule has 0 heterocycles. The molecule has 0 fully saturated rings. The zero-order valence-electron chi connectivity index (χ0n) is 9.40. The molecule has 0 radical (unpaired) electrons. The molecule has 0 aliphatic rings. The smallest absolute Gasteiger partial charge is 0.323 e. The lowest BCUT2D eigenvalue weighted by Gasteiger charge is -2.17. The van der Waals surface area contributed by atoms with Crippen LogP contribution in [0.25, 0.3) is 0 Å². The van der Waals surface area contributed by atoms with Gasteiger partial charge in [0.2, 0.25) is 0 Å². The van der Waals surface area contributed by atoms with E-state index in [0.717, 1.165) is 6.42 Å². The molecule has 0 bridgehead atoms. The molecule has 0 saturated heterocycles. The summed E-state index contributed by atoms with van der Waals surface area (Å²) < 4.78 is 4.88. The summed E-state index contributed by atoms with van der Waals surface area (Å²) in [6, 6.07) is -0.392. The Hall–Kier alpha value is -0.650. The van der Waals surface area contributed by atoms with Crippen LogP contribution in [0.5, 0.6) is 0 Å². The largest absolute Gasteiger partial charge is 0.465 e. The monoisotopic (exact) mass is 219 g/mol. The zero-order valence-corrected chi connectivity index (χ0v) is 9.40. The van der Waals surface area contributed by atoms with Gasteiger partial charge in [-0.05, 0) is 13.3 Å². The number of carbonyl (C=O) groups excluding carboxylic acids is 1. The first-order valence-corrected chi connectivity index (χ1v) is 5.34. The van der Waals surface area contributed by atoms with Gasteiger partial charge >= 0.3 is 5.97 Å². The maximum absolute atomic E-state index is 11.4. The fourth-order valence-electron chi connectivity index (χ4n) is 1.18. The van der Waals surface area contributed by atoms with Crippen molar-refractivity contribution in [2.24, 2.45) is 0 Å². The predicted molar refractivity (Wildman–Crippen MR) is 56.4 cm³/mol. The average Bonchev–Trinajstić information content (AvgIpc) is 2.23. The van der Waals surface area contributed by atoms with Gasteiger partial charge in [-0.25, -0.2) is 0 Å². The Morgan fingerprint density at radius 3 is 2.60 bits per heavy atom. The van der Waals surface area contributed by atoms with Gasteiger partial charge in [0.15, 0.2) is 0 Å². The van der Waals surface area contributed by atoms with Gasteiger partial charge in [0.1, 0.15) is 6.04 Å². The maximum atomic E-state index is 11.4. The third kappa shape index (κ3) is 6.43. The van der Waals surface area contributed by atoms with Crippen LogP contribution in [-0.2, 0) is 9.53 Å². The summed E-state index contributed by atoms with van der Waals surface area (Å²) >= 11 is 0. The standard InChI is InChI=1S/C10H21NO4/c1-3-5-9(10(14)15-4-2)11-6-8(13)7-12/h8-9,11-13H,3-7H2,1-2H3. The van der Waals surface area contributed by atoms with E-state index in [2.05, 4.69) is 5.32 Å². The van der Waals surface area contributed by atoms with Crippen molar-refractivity contribution in [2.45, 2.75) is 38.8 Å². The maximum Gasteiger partial charge on any atom is 0.323 e. The van der Waals surface area contributed by atoms with Gasteiger partial charge in [-0.15, -0.1) is 0 Å². The summed E-state index contributed by atoms with van der Waals surface area (Å²) in [4.78, 5) is 11.4. The zero-order chi connectivity index (χ0) is 11.7. The number of carbonyl (C=O) groups is 1. The van der Waals surface area contributed by atoms with Crippen LogP contribution < -0.4 is 5.32 Å². The minimum atomic E-state index is -0.834. The van der Waals surface area contributed by atoms with Crippen molar-refractivity contribution in [1.82, 2.24) is 5.32 Å². The summed E-state index contributed by atoms with van der Waals surface area (Å²) in [7, 11) is 0. The predicted octanol–water partition coefficient (Wildman–Crippen LogP) is -0.339. The molecule has 0 aliphatic carbocycles. The van der Waals surface area contributed by atoms with Gasteiger partial charge in [0.05, 0.1) is 19.3 Å². The molecule has 0 aromatic rings. The Bertz CT molecular complexity index is 175. The average molecular weight is 219 g/mol. The number of rotatable bonds is 8. The summed E-state index contributed by atoms with van der Waals surface area (Å²) in [6.07, 6.45) is 0.682. The Kier molecular flexibility index (Phi) is 8.27. The van der Waals surface area contributed by atoms with Crippen LogP contribution in [0.1, 0.15) is 26.7 Å². The first kappa shape index (κ1) is 14.3. The highest BCUT2D eigenvalue weighted by atomic mass is 16.5. The van der Waals surface area contributed by atoms with E-state index in [0.29, 0.717) is 13.0 Å². The Morgan fingerprint density at radius 1 is 1.47 bits per heavy atom. The van der Waals surface area contributed by atoms with E-state index >= 15 is 0 Å². The number of hydrogen-bond donors (Lipinski definition) is 3. The highest BCUT2D eigenvalue weighted by Gasteiger charge is 2.18. The van der Waals surface area contributed by atoms with Gasteiger partial charge in [-0.2, -0.15) is 0 Å². The number of aliphatic hydroxyl groups is 2. The van der Waals surface area contributed by atoms with Gasteiger partial charge in [-0.3, -0.25) is 4.79 Å². The summed E-state index contributed by atoms with van der Waals surface area (Å²) in [5, 5.41) is 20.6. The highest BCUT2D eigenvalue weighted by molar-refractivity contribution is 5.75. The molecule has 0 saturated carbocycles. The normalized spacial score (nSPS) is 14.7. The second-order valence-electron chi connectivity index (χ2n) is 3.34. The van der Waals surface area contributed by atoms with Gasteiger partial charge in [-0.1, -0.05) is 13.3 Å². The van der Waals surface area contributed by atoms with Gasteiger partial charge in [0, 0.05) is 6.54 Å². The summed E-state index contributed by atoms with van der Waals surface area (Å²) in [5.41, 5.74) is 0. The van der Waals surface area contributed by atoms with E-state index in [-0.39, 0.29) is 19.1 Å². The quantitative estimate of drug-likeness (QED) is 0.487. The number of esters is 1. The molecule has 90 valence electrons. The van der Waals surface area contributed by atoms with Crippen LogP contribution in [0.3, 0.4) is 0 Å². The van der Waals surface area contributed by atoms with Crippen LogP contribution >= 0.6 is 0 Å². The molecule has 0 rings (SSSR count). The van der Waals surface area contributed by atoms with E-state index in [1.165, 1.54) is 0 Å². The minimum Gasteiger partial charge on any atom is -0.465 e. The number of aliphatic hydroxyl groups excluding tert-OH is 2. The van der Waals surface area contributed by atoms with E-state index in [1.807, 2.05) is 6.92 Å². The lowest BCUT2D eigenvalue weighted by Crippen LogP contribution is -2.42. The molecule has 0 aliphatic heterocycles. The first-order chi connectivity index (χ1) is 7.15. The second kappa shape index (κ2) is 8.64. The third-order valence-corrected chi connectivity index (χ3v) is 1.96. The van der Waals surface area contributed by atoms with Gasteiger partial charge < -0.3 is 20.3 Å². The van der Waals surface area contributed by atoms with Gasteiger partial charge in [0.25, 0.3) is 0 Å². The minimum absolute atomic E-state index is 0.194. The molecule has 15 heavy (non-hydrogen) atoms. The van der Waals surface area contributed by atoms with E-state index in [4.69, 9.17) is 14.9 Å². The van der Waals surface area contributed by atoms with Crippen molar-refractivity contribution in [1.29, 1.82) is 0 Å². The van der Waals surface area contributed by atoms with Crippen LogP contribution in [0.15, 0.2) is 0 Å². The molecule has 3 N–H and O–H groups in total. The van der Waals surface area contributed by atoms with Crippen LogP contribution in [-0.4, -0.2) is 48.1 Å². The van der Waals surface area contributed by atoms with Crippen LogP contribution in [0, 0.1) is 0 Å². The third-order valence-electron chi connectivity index (χ3n) is 1.96. The number of ether oxygens (including phenoxy) is 1. The first-order valence-electron chi connectivity index (χ1n) is 5.34. The lowest BCUT2D eigenvalue weighted by atomic mass is 10.1. The summed E-state index contributed by atoms with van der Waals surface area (Å²) in [5.74, 6) is -0.301. The molecule has 2 unspecified atom stereocenters. The van der Waals surface area contributed by atoms with Crippen LogP contribution in [0.4, 0.5) is 0 Å². The van der Waals surface area contributed by atoms with Crippen LogP contribution in [0.2, 0.25) is 0 Å². The number of hydrogen-bond acceptors (Lipinski definition) is 5. The SMILES string of the molecule is CCCC(NCC(O)CO)C(=O)OCC. The Labute approximate surface area is 90.4 Å². The molecular weight excluding hydrogens is 198 g/mol. The molecule has 0 spiro atoms. The van der Waals surface area contributed by atoms with Crippen molar-refractivity contribution in [3.63, 3.8) is 0 Å². The van der Waals surface area contributed by atoms with Crippen molar-refractivity contribution >= 4 is 5.97 Å². The molecule has 0 aromatic carbocycles. The van der Waals surface area contributed by atoms with E-state index in [1.54, 1.807) is 6.92 Å². The molecule has 2 atom stereocenters. The Morgan fingerprint density at radius 2 is 2.13 bits per heavy atom. The number of nitrogens with one attached hydrogen (secondary N) is 1. The van der Waals surface area contributed by atoms with Crippen molar-refractivity contribution in [3.05, 3.63) is 0 Å². The second-order valence-corrected chi connectivity index (χ2v) is 3.34. The van der Waals surface area contributed by atoms with Crippen molar-refractivity contribution in [3.8, 4) is 0 Å². The molecule has 0 aromatic heterocycles. The summed E-state index contributed by atoms with van der Waals surface area (Å²) in [6.45, 7) is 3.96. The molecule has 5 nitrogen and oxygen atoms in total. The lowest BCUT2D eigenvalue weighted by molar-refractivity contribution is -0.146. The van der Waals surface area contributed by atoms with E-state index in [9.17, 15) is 4.79 Å². The fourth-order valence-corrected chi connectivity index (χ4v) is 1.18. The van der Waals surface area contributed by atoms with Crippen molar-refractivity contribution in [2.75, 3.05) is 19.8 Å². The molecule has 0 amide bonds. The molecular formula is C10H21NO4. The molecule has 5 heteroatoms.